The zero-order valence-corrected chi connectivity index (χ0v) is 10.1. The zero-order chi connectivity index (χ0) is 13.0. The van der Waals surface area contributed by atoms with Gasteiger partial charge in [-0.05, 0) is 0 Å². The Balaban J connectivity index is 2.86. The largest absolute Gasteiger partial charge is 0.376 e. The van der Waals surface area contributed by atoms with Crippen molar-refractivity contribution >= 4 is 5.91 Å². The van der Waals surface area contributed by atoms with Gasteiger partial charge in [-0.3, -0.25) is 4.79 Å². The first-order valence-corrected chi connectivity index (χ1v) is 5.27. The first-order valence-electron chi connectivity index (χ1n) is 5.27. The van der Waals surface area contributed by atoms with E-state index in [0.29, 0.717) is 0 Å². The van der Waals surface area contributed by atoms with Crippen LogP contribution < -0.4 is 5.32 Å². The minimum atomic E-state index is -1.32. The van der Waals surface area contributed by atoms with Crippen molar-refractivity contribution in [2.75, 3.05) is 20.9 Å². The number of aliphatic hydroxyl groups excluding tert-OH is 1. The molecular formula is C10H18FNO5. The van der Waals surface area contributed by atoms with Gasteiger partial charge in [0, 0.05) is 21.1 Å². The van der Waals surface area contributed by atoms with E-state index in [9.17, 15) is 14.3 Å². The van der Waals surface area contributed by atoms with Crippen LogP contribution in [0.5, 0.6) is 0 Å². The highest BCUT2D eigenvalue weighted by Gasteiger charge is 2.46. The van der Waals surface area contributed by atoms with Gasteiger partial charge in [0.25, 0.3) is 0 Å². The number of carbonyl (C=O) groups excluding carboxylic acids is 1. The molecule has 0 aromatic heterocycles. The molecule has 100 valence electrons. The van der Waals surface area contributed by atoms with E-state index in [2.05, 4.69) is 5.32 Å². The summed E-state index contributed by atoms with van der Waals surface area (Å²) in [6, 6.07) is -0.787. The monoisotopic (exact) mass is 251 g/mol. The van der Waals surface area contributed by atoms with E-state index in [-0.39, 0.29) is 5.91 Å². The Morgan fingerprint density at radius 3 is 2.41 bits per heavy atom. The average Bonchev–Trinajstić information content (AvgIpc) is 2.30. The summed E-state index contributed by atoms with van der Waals surface area (Å²) in [4.78, 5) is 11.0. The van der Waals surface area contributed by atoms with Crippen molar-refractivity contribution in [1.29, 1.82) is 0 Å². The van der Waals surface area contributed by atoms with Crippen molar-refractivity contribution in [3.8, 4) is 0 Å². The van der Waals surface area contributed by atoms with Crippen LogP contribution >= 0.6 is 0 Å². The third-order valence-corrected chi connectivity index (χ3v) is 2.73. The average molecular weight is 251 g/mol. The van der Waals surface area contributed by atoms with Crippen LogP contribution in [0.2, 0.25) is 0 Å². The zero-order valence-electron chi connectivity index (χ0n) is 10.1. The number of nitrogens with one attached hydrogen (secondary N) is 1. The summed E-state index contributed by atoms with van der Waals surface area (Å²) in [6.45, 7) is 0.505. The fourth-order valence-corrected chi connectivity index (χ4v) is 2.00. The van der Waals surface area contributed by atoms with Crippen LogP contribution in [0.15, 0.2) is 0 Å². The lowest BCUT2D eigenvalue weighted by atomic mass is 9.96. The molecule has 1 heterocycles. The smallest absolute Gasteiger partial charge is 0.217 e. The number of hydrogen-bond donors (Lipinski definition) is 2. The van der Waals surface area contributed by atoms with Gasteiger partial charge in [-0.2, -0.15) is 0 Å². The van der Waals surface area contributed by atoms with Gasteiger partial charge in [-0.1, -0.05) is 0 Å². The molecule has 1 aliphatic rings. The first kappa shape index (κ1) is 14.3. The molecule has 2 N–H and O–H groups in total. The van der Waals surface area contributed by atoms with Gasteiger partial charge < -0.3 is 24.6 Å². The Kier molecular flexibility index (Phi) is 5.26. The molecule has 1 amide bonds. The van der Waals surface area contributed by atoms with E-state index in [0.717, 1.165) is 0 Å². The Labute approximate surface area is 99.0 Å². The van der Waals surface area contributed by atoms with Crippen LogP contribution in [0.4, 0.5) is 4.39 Å². The van der Waals surface area contributed by atoms with Crippen molar-refractivity contribution in [2.24, 2.45) is 0 Å². The topological polar surface area (TPSA) is 77.0 Å². The second kappa shape index (κ2) is 6.25. The molecule has 5 atom stereocenters. The molecule has 1 rings (SSSR count). The van der Waals surface area contributed by atoms with E-state index >= 15 is 0 Å². The number of rotatable bonds is 4. The number of aliphatic hydroxyl groups is 1. The molecular weight excluding hydrogens is 233 g/mol. The van der Waals surface area contributed by atoms with Gasteiger partial charge in [-0.25, -0.2) is 4.39 Å². The SMILES string of the molecule is CO[C@@H]1[C@@H](NC(C)=O)[C@@H](O)O[C@H](CF)[C@H]1OC. The van der Waals surface area contributed by atoms with Crippen LogP contribution in [0.25, 0.3) is 0 Å². The number of amides is 1. The third kappa shape index (κ3) is 3.12. The Morgan fingerprint density at radius 2 is 2.00 bits per heavy atom. The number of alkyl halides is 1. The Morgan fingerprint density at radius 1 is 1.41 bits per heavy atom. The van der Waals surface area contributed by atoms with Crippen molar-refractivity contribution in [1.82, 2.24) is 5.32 Å². The van der Waals surface area contributed by atoms with Gasteiger partial charge in [0.2, 0.25) is 5.91 Å². The minimum Gasteiger partial charge on any atom is -0.376 e. The van der Waals surface area contributed by atoms with E-state index in [1.54, 1.807) is 0 Å². The summed E-state index contributed by atoms with van der Waals surface area (Å²) >= 11 is 0. The Bertz CT molecular complexity index is 265. The summed E-state index contributed by atoms with van der Waals surface area (Å²) in [5, 5.41) is 12.2. The van der Waals surface area contributed by atoms with Gasteiger partial charge in [-0.15, -0.1) is 0 Å². The molecule has 0 saturated carbocycles. The van der Waals surface area contributed by atoms with Gasteiger partial charge in [0.15, 0.2) is 6.29 Å². The summed E-state index contributed by atoms with van der Waals surface area (Å²) in [5.74, 6) is -0.340. The Hall–Kier alpha value is -0.760. The fourth-order valence-electron chi connectivity index (χ4n) is 2.00. The maximum absolute atomic E-state index is 12.7. The molecule has 0 bridgehead atoms. The molecule has 0 aromatic rings. The number of halogens is 1. The standard InChI is InChI=1S/C10H18FNO5/c1-5(13)12-7-9(16-3)8(15-2)6(4-11)17-10(7)14/h6-10,14H,4H2,1-3H3,(H,12,13)/t6-,7-,8-,9-,10+/m1/s1. The van der Waals surface area contributed by atoms with Crippen LogP contribution in [0, 0.1) is 0 Å². The lowest BCUT2D eigenvalue weighted by molar-refractivity contribution is -0.259. The fraction of sp³-hybridized carbons (Fsp3) is 0.900. The normalized spacial score (nSPS) is 37.8. The van der Waals surface area contributed by atoms with Crippen LogP contribution in [-0.4, -0.2) is 62.6 Å². The molecule has 0 radical (unpaired) electrons. The van der Waals surface area contributed by atoms with Crippen molar-refractivity contribution < 1.29 is 28.5 Å². The highest BCUT2D eigenvalue weighted by atomic mass is 19.1. The van der Waals surface area contributed by atoms with E-state index in [1.807, 2.05) is 0 Å². The molecule has 7 heteroatoms. The quantitative estimate of drug-likeness (QED) is 0.684. The predicted octanol–water partition coefficient (Wildman–Crippen LogP) is -0.792. The molecule has 0 aromatic carbocycles. The van der Waals surface area contributed by atoms with Crippen LogP contribution in [-0.2, 0) is 19.0 Å². The summed E-state index contributed by atoms with van der Waals surface area (Å²) < 4.78 is 28.0. The van der Waals surface area contributed by atoms with Crippen molar-refractivity contribution in [3.05, 3.63) is 0 Å². The lowest BCUT2D eigenvalue weighted by Gasteiger charge is -2.43. The summed E-state index contributed by atoms with van der Waals surface area (Å²) in [6.07, 6.45) is -3.60. The maximum Gasteiger partial charge on any atom is 0.217 e. The number of carbonyl (C=O) groups is 1. The van der Waals surface area contributed by atoms with Crippen LogP contribution in [0.3, 0.4) is 0 Å². The van der Waals surface area contributed by atoms with E-state index in [1.165, 1.54) is 21.1 Å². The van der Waals surface area contributed by atoms with Gasteiger partial charge in [0.05, 0.1) is 0 Å². The highest BCUT2D eigenvalue weighted by molar-refractivity contribution is 5.73. The minimum absolute atomic E-state index is 0.340. The third-order valence-electron chi connectivity index (χ3n) is 2.73. The molecule has 6 nitrogen and oxygen atoms in total. The molecule has 1 fully saturated rings. The van der Waals surface area contributed by atoms with E-state index < -0.39 is 37.3 Å². The van der Waals surface area contributed by atoms with Crippen molar-refractivity contribution in [3.63, 3.8) is 0 Å². The molecule has 1 saturated heterocycles. The molecule has 0 aliphatic carbocycles. The second-order valence-electron chi connectivity index (χ2n) is 3.85. The number of hydrogen-bond acceptors (Lipinski definition) is 5. The first-order chi connectivity index (χ1) is 8.04. The lowest BCUT2D eigenvalue weighted by Crippen LogP contribution is -2.64. The predicted molar refractivity (Wildman–Crippen MR) is 56.1 cm³/mol. The summed E-state index contributed by atoms with van der Waals surface area (Å²) in [5.41, 5.74) is 0. The molecule has 17 heavy (non-hydrogen) atoms. The summed E-state index contributed by atoms with van der Waals surface area (Å²) in [7, 11) is 2.80. The number of ether oxygens (including phenoxy) is 3. The highest BCUT2D eigenvalue weighted by Crippen LogP contribution is 2.24. The maximum atomic E-state index is 12.7. The number of methoxy groups -OCH3 is 2. The molecule has 0 unspecified atom stereocenters. The van der Waals surface area contributed by atoms with Crippen LogP contribution in [0.1, 0.15) is 6.92 Å². The van der Waals surface area contributed by atoms with Gasteiger partial charge in [0.1, 0.15) is 31.0 Å². The second-order valence-corrected chi connectivity index (χ2v) is 3.85. The molecule has 0 spiro atoms. The van der Waals surface area contributed by atoms with E-state index in [4.69, 9.17) is 14.2 Å². The molecule has 1 aliphatic heterocycles. The van der Waals surface area contributed by atoms with Crippen molar-refractivity contribution in [2.45, 2.75) is 37.6 Å². The van der Waals surface area contributed by atoms with Gasteiger partial charge >= 0.3 is 0 Å².